The highest BCUT2D eigenvalue weighted by molar-refractivity contribution is 9.10. The Labute approximate surface area is 98.2 Å². The van der Waals surface area contributed by atoms with Gasteiger partial charge in [0.1, 0.15) is 0 Å². The van der Waals surface area contributed by atoms with Crippen LogP contribution in [-0.4, -0.2) is 11.1 Å². The summed E-state index contributed by atoms with van der Waals surface area (Å²) in [5.74, 6) is 0. The van der Waals surface area contributed by atoms with Gasteiger partial charge in [0.05, 0.1) is 0 Å². The third kappa shape index (κ3) is 1.70. The zero-order valence-corrected chi connectivity index (χ0v) is 10.6. The minimum Gasteiger partial charge on any atom is -0.346 e. The molecule has 1 heterocycles. The maximum absolute atomic E-state index is 5.62. The third-order valence-electron chi connectivity index (χ3n) is 2.79. The maximum Gasteiger partial charge on any atom is 0.0494 e. The number of hydrogen-bond acceptors (Lipinski definition) is 1. The lowest BCUT2D eigenvalue weighted by molar-refractivity contribution is 0.822. The number of rotatable bonds is 2. The first-order chi connectivity index (χ1) is 7.15. The van der Waals surface area contributed by atoms with E-state index in [2.05, 4.69) is 52.7 Å². The van der Waals surface area contributed by atoms with Crippen molar-refractivity contribution >= 4 is 26.8 Å². The number of benzene rings is 1. The minimum atomic E-state index is 0.682. The Kier molecular flexibility index (Phi) is 2.85. The highest BCUT2D eigenvalue weighted by Crippen LogP contribution is 2.30. The topological polar surface area (TPSA) is 30.9 Å². The van der Waals surface area contributed by atoms with E-state index in [0.717, 1.165) is 6.42 Å². The van der Waals surface area contributed by atoms with Crippen LogP contribution in [0.15, 0.2) is 22.7 Å². The van der Waals surface area contributed by atoms with Gasteiger partial charge in [0.15, 0.2) is 0 Å². The van der Waals surface area contributed by atoms with Crippen molar-refractivity contribution in [1.82, 2.24) is 4.57 Å². The summed E-state index contributed by atoms with van der Waals surface area (Å²) < 4.78 is 3.41. The van der Waals surface area contributed by atoms with E-state index < -0.39 is 0 Å². The molecule has 0 radical (unpaired) electrons. The molecule has 0 aliphatic heterocycles. The first-order valence-electron chi connectivity index (χ1n) is 5.08. The SMILES string of the molecule is Cc1ccc2c(Br)c(CCN)n(C)c2c1. The lowest BCUT2D eigenvalue weighted by Crippen LogP contribution is -2.06. The van der Waals surface area contributed by atoms with Crippen molar-refractivity contribution < 1.29 is 0 Å². The molecule has 0 amide bonds. The van der Waals surface area contributed by atoms with Crippen molar-refractivity contribution in [3.63, 3.8) is 0 Å². The van der Waals surface area contributed by atoms with Crippen LogP contribution in [-0.2, 0) is 13.5 Å². The molecule has 0 aliphatic carbocycles. The van der Waals surface area contributed by atoms with Crippen LogP contribution in [0.25, 0.3) is 10.9 Å². The van der Waals surface area contributed by atoms with Gasteiger partial charge in [-0.3, -0.25) is 0 Å². The first kappa shape index (κ1) is 10.7. The lowest BCUT2D eigenvalue weighted by atomic mass is 10.2. The zero-order valence-electron chi connectivity index (χ0n) is 9.05. The van der Waals surface area contributed by atoms with E-state index in [0.29, 0.717) is 6.54 Å². The van der Waals surface area contributed by atoms with Crippen LogP contribution in [0.2, 0.25) is 0 Å². The fourth-order valence-electron chi connectivity index (χ4n) is 1.97. The molecule has 2 nitrogen and oxygen atoms in total. The largest absolute Gasteiger partial charge is 0.346 e. The summed E-state index contributed by atoms with van der Waals surface area (Å²) in [5, 5.41) is 1.27. The van der Waals surface area contributed by atoms with Crippen LogP contribution in [0.1, 0.15) is 11.3 Å². The third-order valence-corrected chi connectivity index (χ3v) is 3.68. The van der Waals surface area contributed by atoms with Gasteiger partial charge in [0.25, 0.3) is 0 Å². The second kappa shape index (κ2) is 3.99. The quantitative estimate of drug-likeness (QED) is 0.891. The first-order valence-corrected chi connectivity index (χ1v) is 5.88. The van der Waals surface area contributed by atoms with Gasteiger partial charge in [0.2, 0.25) is 0 Å². The number of fused-ring (bicyclic) bond motifs is 1. The molecule has 2 N–H and O–H groups in total. The average molecular weight is 267 g/mol. The smallest absolute Gasteiger partial charge is 0.0494 e. The number of nitrogens with zero attached hydrogens (tertiary/aromatic N) is 1. The molecule has 2 aromatic rings. The van der Waals surface area contributed by atoms with E-state index in [1.165, 1.54) is 26.6 Å². The molecule has 3 heteroatoms. The van der Waals surface area contributed by atoms with Crippen molar-refractivity contribution in [3.05, 3.63) is 33.9 Å². The highest BCUT2D eigenvalue weighted by Gasteiger charge is 2.11. The van der Waals surface area contributed by atoms with Crippen LogP contribution in [0.5, 0.6) is 0 Å². The average Bonchev–Trinajstić information content (AvgIpc) is 2.44. The Morgan fingerprint density at radius 1 is 1.40 bits per heavy atom. The van der Waals surface area contributed by atoms with Crippen LogP contribution in [0.3, 0.4) is 0 Å². The number of halogens is 1. The number of hydrogen-bond donors (Lipinski definition) is 1. The molecule has 0 aliphatic rings. The Bertz CT molecular complexity index is 500. The number of aromatic nitrogens is 1. The summed E-state index contributed by atoms with van der Waals surface area (Å²) in [6.45, 7) is 2.80. The lowest BCUT2D eigenvalue weighted by Gasteiger charge is -2.02. The van der Waals surface area contributed by atoms with Crippen molar-refractivity contribution in [3.8, 4) is 0 Å². The Morgan fingerprint density at radius 3 is 2.80 bits per heavy atom. The van der Waals surface area contributed by atoms with Gasteiger partial charge in [-0.1, -0.05) is 12.1 Å². The summed E-state index contributed by atoms with van der Waals surface area (Å²) in [5.41, 5.74) is 9.45. The van der Waals surface area contributed by atoms with Crippen molar-refractivity contribution in [2.45, 2.75) is 13.3 Å². The Morgan fingerprint density at radius 2 is 2.13 bits per heavy atom. The molecule has 0 unspecified atom stereocenters. The molecule has 80 valence electrons. The number of nitrogens with two attached hydrogens (primary N) is 1. The van der Waals surface area contributed by atoms with Crippen LogP contribution < -0.4 is 5.73 Å². The van der Waals surface area contributed by atoms with Gasteiger partial charge in [-0.25, -0.2) is 0 Å². The van der Waals surface area contributed by atoms with Crippen molar-refractivity contribution in [2.75, 3.05) is 6.54 Å². The fraction of sp³-hybridized carbons (Fsp3) is 0.333. The molecular formula is C12H15BrN2. The maximum atomic E-state index is 5.62. The summed E-state index contributed by atoms with van der Waals surface area (Å²) in [6, 6.07) is 6.51. The summed E-state index contributed by atoms with van der Waals surface area (Å²) >= 11 is 3.65. The number of aryl methyl sites for hydroxylation is 2. The highest BCUT2D eigenvalue weighted by atomic mass is 79.9. The minimum absolute atomic E-state index is 0.682. The predicted octanol–water partition coefficient (Wildman–Crippen LogP) is 2.75. The molecule has 1 aromatic carbocycles. The van der Waals surface area contributed by atoms with E-state index in [1.54, 1.807) is 0 Å². The van der Waals surface area contributed by atoms with Crippen LogP contribution in [0, 0.1) is 6.92 Å². The zero-order chi connectivity index (χ0) is 11.0. The van der Waals surface area contributed by atoms with Gasteiger partial charge < -0.3 is 10.3 Å². The van der Waals surface area contributed by atoms with E-state index in [-0.39, 0.29) is 0 Å². The van der Waals surface area contributed by atoms with Gasteiger partial charge in [-0.05, 0) is 41.0 Å². The monoisotopic (exact) mass is 266 g/mol. The summed E-state index contributed by atoms with van der Waals surface area (Å²) in [4.78, 5) is 0. The Hall–Kier alpha value is -0.800. The van der Waals surface area contributed by atoms with Gasteiger partial charge in [0, 0.05) is 34.5 Å². The van der Waals surface area contributed by atoms with E-state index >= 15 is 0 Å². The van der Waals surface area contributed by atoms with Gasteiger partial charge >= 0.3 is 0 Å². The second-order valence-corrected chi connectivity index (χ2v) is 4.67. The van der Waals surface area contributed by atoms with E-state index in [1.807, 2.05) is 0 Å². The molecular weight excluding hydrogens is 252 g/mol. The predicted molar refractivity (Wildman–Crippen MR) is 68.1 cm³/mol. The Balaban J connectivity index is 2.73. The van der Waals surface area contributed by atoms with Crippen molar-refractivity contribution in [2.24, 2.45) is 12.8 Å². The molecule has 15 heavy (non-hydrogen) atoms. The van der Waals surface area contributed by atoms with Crippen LogP contribution in [0.4, 0.5) is 0 Å². The molecule has 0 atom stereocenters. The molecule has 2 rings (SSSR count). The van der Waals surface area contributed by atoms with Crippen LogP contribution >= 0.6 is 15.9 Å². The summed E-state index contributed by atoms with van der Waals surface area (Å²) in [7, 11) is 2.09. The molecule has 0 saturated carbocycles. The fourth-order valence-corrected chi connectivity index (χ4v) is 2.77. The van der Waals surface area contributed by atoms with Crippen molar-refractivity contribution in [1.29, 1.82) is 0 Å². The normalized spacial score (nSPS) is 11.2. The molecule has 0 bridgehead atoms. The molecule has 1 aromatic heterocycles. The van der Waals surface area contributed by atoms with E-state index in [4.69, 9.17) is 5.73 Å². The molecule has 0 fully saturated rings. The summed E-state index contributed by atoms with van der Waals surface area (Å²) in [6.07, 6.45) is 0.908. The van der Waals surface area contributed by atoms with E-state index in [9.17, 15) is 0 Å². The molecule has 0 spiro atoms. The second-order valence-electron chi connectivity index (χ2n) is 3.88. The van der Waals surface area contributed by atoms with Gasteiger partial charge in [-0.15, -0.1) is 0 Å². The molecule has 0 saturated heterocycles. The standard InChI is InChI=1S/C12H15BrN2/c1-8-3-4-9-11(7-8)15(2)10(5-6-14)12(9)13/h3-4,7H,5-6,14H2,1-2H3. The van der Waals surface area contributed by atoms with Gasteiger partial charge in [-0.2, -0.15) is 0 Å².